The van der Waals surface area contributed by atoms with Gasteiger partial charge in [0.25, 0.3) is 0 Å². The van der Waals surface area contributed by atoms with E-state index < -0.39 is 20.0 Å². The summed E-state index contributed by atoms with van der Waals surface area (Å²) in [4.78, 5) is 21.8. The van der Waals surface area contributed by atoms with Gasteiger partial charge in [0.2, 0.25) is 5.91 Å². The molecule has 0 bridgehead atoms. The van der Waals surface area contributed by atoms with Crippen molar-refractivity contribution in [2.45, 2.75) is 88.9 Å². The van der Waals surface area contributed by atoms with Gasteiger partial charge in [0, 0.05) is 18.1 Å². The molecule has 3 aromatic rings. The molecule has 2 fully saturated rings. The zero-order valence-corrected chi connectivity index (χ0v) is 28.4. The summed E-state index contributed by atoms with van der Waals surface area (Å²) in [6.07, 6.45) is -1.46. The molecule has 1 aliphatic carbocycles. The van der Waals surface area contributed by atoms with Crippen LogP contribution in [0.25, 0.3) is 0 Å². The molecule has 6 rings (SSSR count). The second-order valence-electron chi connectivity index (χ2n) is 13.5. The Morgan fingerprint density at radius 2 is 1.89 bits per heavy atom. The van der Waals surface area contributed by atoms with Crippen molar-refractivity contribution in [1.29, 1.82) is 0 Å². The van der Waals surface area contributed by atoms with Crippen molar-refractivity contribution in [3.05, 3.63) is 69.2 Å². The minimum atomic E-state index is -3.71. The van der Waals surface area contributed by atoms with Crippen molar-refractivity contribution in [2.75, 3.05) is 18.4 Å². The van der Waals surface area contributed by atoms with Gasteiger partial charge in [-0.1, -0.05) is 68.0 Å². The van der Waals surface area contributed by atoms with E-state index in [9.17, 15) is 13.6 Å². The maximum atomic E-state index is 13.6. The summed E-state index contributed by atoms with van der Waals surface area (Å²) < 4.78 is 43.1. The van der Waals surface area contributed by atoms with Gasteiger partial charge in [0.15, 0.2) is 24.9 Å². The molecule has 236 valence electrons. The number of carbonyl (C=O) groups is 1. The normalized spacial score (nSPS) is 21.3. The highest BCUT2D eigenvalue weighted by molar-refractivity contribution is 7.16. The van der Waals surface area contributed by atoms with Crippen molar-refractivity contribution in [3.8, 4) is 11.5 Å². The Bertz CT molecular complexity index is 1590. The van der Waals surface area contributed by atoms with Crippen LogP contribution in [0.5, 0.6) is 11.5 Å². The summed E-state index contributed by atoms with van der Waals surface area (Å²) in [5.41, 5.74) is 1.59. The van der Waals surface area contributed by atoms with Gasteiger partial charge < -0.3 is 19.2 Å². The fourth-order valence-corrected chi connectivity index (χ4v) is 8.56. The van der Waals surface area contributed by atoms with Crippen LogP contribution < -0.4 is 14.8 Å². The van der Waals surface area contributed by atoms with E-state index in [-0.39, 0.29) is 34.6 Å². The number of nitrogens with zero attached hydrogens (tertiary/aromatic N) is 2. The Hall–Kier alpha value is -2.57. The average molecular weight is 662 g/mol. The van der Waals surface area contributed by atoms with E-state index in [0.29, 0.717) is 28.6 Å². The molecule has 1 N–H and O–H groups in total. The maximum Gasteiger partial charge on any atom is 0.586 e. The van der Waals surface area contributed by atoms with Crippen LogP contribution in [0.3, 0.4) is 0 Å². The van der Waals surface area contributed by atoms with E-state index in [1.807, 2.05) is 25.1 Å². The first-order chi connectivity index (χ1) is 20.6. The first-order valence-corrected chi connectivity index (χ1v) is 19.0. The Labute approximate surface area is 267 Å². The van der Waals surface area contributed by atoms with E-state index in [4.69, 9.17) is 21.0 Å². The lowest BCUT2D eigenvalue weighted by Crippen LogP contribution is -2.44. The summed E-state index contributed by atoms with van der Waals surface area (Å²) >= 11 is 8.23. The molecule has 1 amide bonds. The zero-order valence-electron chi connectivity index (χ0n) is 25.8. The van der Waals surface area contributed by atoms with Gasteiger partial charge in [-0.2, -0.15) is 0 Å². The van der Waals surface area contributed by atoms with Crippen molar-refractivity contribution >= 4 is 42.3 Å². The number of ether oxygens (including phenoxy) is 2. The third kappa shape index (κ3) is 5.89. The number of likely N-dealkylation sites (tertiary alicyclic amines) is 1. The summed E-state index contributed by atoms with van der Waals surface area (Å²) in [6, 6.07) is 12.3. The number of halogens is 3. The SMILES string of the molecule is Cc1nc(NC(=O)C2(c3ccc4c(c3)OC(F)(F)O4)CC2)sc1C(c1ccccc1Cl)N1CCC(O[Si](C)(C)C(C)(C)C)C1. The van der Waals surface area contributed by atoms with Crippen LogP contribution in [0.4, 0.5) is 13.9 Å². The first kappa shape index (κ1) is 31.4. The van der Waals surface area contributed by atoms with Gasteiger partial charge in [-0.25, -0.2) is 4.98 Å². The van der Waals surface area contributed by atoms with Crippen LogP contribution in [0.1, 0.15) is 67.8 Å². The molecule has 44 heavy (non-hydrogen) atoms. The largest absolute Gasteiger partial charge is 0.586 e. The van der Waals surface area contributed by atoms with Crippen LogP contribution in [-0.2, 0) is 14.6 Å². The number of nitrogens with one attached hydrogen (secondary N) is 1. The summed E-state index contributed by atoms with van der Waals surface area (Å²) in [7, 11) is -1.94. The molecule has 1 aromatic heterocycles. The fourth-order valence-electron chi connectivity index (χ4n) is 5.83. The van der Waals surface area contributed by atoms with Gasteiger partial charge in [-0.15, -0.1) is 8.78 Å². The molecule has 12 heteroatoms. The fraction of sp³-hybridized carbons (Fsp3) is 0.500. The van der Waals surface area contributed by atoms with Gasteiger partial charge in [0.05, 0.1) is 28.1 Å². The van der Waals surface area contributed by atoms with Crippen LogP contribution in [0.15, 0.2) is 42.5 Å². The number of benzene rings is 2. The van der Waals surface area contributed by atoms with Gasteiger partial charge in [-0.3, -0.25) is 9.69 Å². The van der Waals surface area contributed by atoms with Crippen molar-refractivity contribution < 1.29 is 27.5 Å². The van der Waals surface area contributed by atoms with Gasteiger partial charge in [-0.05, 0) is 73.6 Å². The Morgan fingerprint density at radius 1 is 1.18 bits per heavy atom. The Morgan fingerprint density at radius 3 is 2.57 bits per heavy atom. The molecule has 2 aromatic carbocycles. The number of aromatic nitrogens is 1. The topological polar surface area (TPSA) is 72.9 Å². The molecule has 3 heterocycles. The number of hydrogen-bond donors (Lipinski definition) is 1. The lowest BCUT2D eigenvalue weighted by atomic mass is 9.94. The third-order valence-electron chi connectivity index (χ3n) is 9.45. The molecular weight excluding hydrogens is 624 g/mol. The minimum absolute atomic E-state index is 0.0420. The molecule has 7 nitrogen and oxygen atoms in total. The maximum absolute atomic E-state index is 13.6. The second kappa shape index (κ2) is 11.0. The van der Waals surface area contributed by atoms with Crippen LogP contribution in [-0.4, -0.2) is 49.6 Å². The van der Waals surface area contributed by atoms with Crippen LogP contribution >= 0.6 is 22.9 Å². The first-order valence-electron chi connectivity index (χ1n) is 14.9. The van der Waals surface area contributed by atoms with Crippen LogP contribution in [0.2, 0.25) is 23.2 Å². The number of fused-ring (bicyclic) bond motifs is 1. The van der Waals surface area contributed by atoms with E-state index in [2.05, 4.69) is 59.6 Å². The lowest BCUT2D eigenvalue weighted by molar-refractivity contribution is -0.286. The Balaban J connectivity index is 1.24. The number of rotatable bonds is 8. The molecule has 2 unspecified atom stereocenters. The summed E-state index contributed by atoms with van der Waals surface area (Å²) in [6.45, 7) is 14.9. The molecule has 3 aliphatic rings. The zero-order chi connectivity index (χ0) is 31.7. The van der Waals surface area contributed by atoms with E-state index in [0.717, 1.165) is 35.6 Å². The molecule has 2 aliphatic heterocycles. The predicted octanol–water partition coefficient (Wildman–Crippen LogP) is 8.28. The smallest absolute Gasteiger partial charge is 0.413 e. The highest BCUT2D eigenvalue weighted by atomic mass is 35.5. The highest BCUT2D eigenvalue weighted by Crippen LogP contribution is 2.53. The second-order valence-corrected chi connectivity index (χ2v) is 19.7. The lowest BCUT2D eigenvalue weighted by Gasteiger charge is -2.38. The number of anilines is 1. The third-order valence-corrected chi connectivity index (χ3v) is 15.5. The minimum Gasteiger partial charge on any atom is -0.413 e. The van der Waals surface area contributed by atoms with Crippen molar-refractivity contribution in [3.63, 3.8) is 0 Å². The molecule has 0 radical (unpaired) electrons. The Kier molecular flexibility index (Phi) is 7.89. The number of hydrogen-bond acceptors (Lipinski definition) is 7. The standard InChI is InChI=1S/C32H38ClF2N3O4SSi/c1-19-27(26(22-9-7-8-10-23(22)33)38-16-13-21(18-38)42-44(5,6)30(2,3)4)43-29(36-19)37-28(39)31(14-15-31)20-11-12-24-25(17-20)41-32(34,35)40-24/h7-12,17,21,26H,13-16,18H2,1-6H3,(H,36,37,39). The molecular formula is C32H38ClF2N3O4SSi. The number of alkyl halides is 2. The van der Waals surface area contributed by atoms with Crippen LogP contribution in [0, 0.1) is 6.92 Å². The number of thiazole rings is 1. The van der Waals surface area contributed by atoms with Crippen molar-refractivity contribution in [2.24, 2.45) is 0 Å². The summed E-state index contributed by atoms with van der Waals surface area (Å²) in [5, 5.41) is 4.32. The van der Waals surface area contributed by atoms with E-state index >= 15 is 0 Å². The predicted molar refractivity (Wildman–Crippen MR) is 171 cm³/mol. The molecule has 1 saturated carbocycles. The number of amides is 1. The average Bonchev–Trinajstić information content (AvgIpc) is 3.34. The number of carbonyl (C=O) groups excluding carboxylic acids is 1. The van der Waals surface area contributed by atoms with Gasteiger partial charge >= 0.3 is 6.29 Å². The van der Waals surface area contributed by atoms with E-state index in [1.165, 1.54) is 23.5 Å². The molecule has 1 saturated heterocycles. The van der Waals surface area contributed by atoms with Gasteiger partial charge in [0.1, 0.15) is 0 Å². The number of aryl methyl sites for hydroxylation is 1. The highest BCUT2D eigenvalue weighted by Gasteiger charge is 2.53. The quantitative estimate of drug-likeness (QED) is 0.245. The summed E-state index contributed by atoms with van der Waals surface area (Å²) in [5.74, 6) is -0.329. The van der Waals surface area contributed by atoms with E-state index in [1.54, 1.807) is 6.07 Å². The monoisotopic (exact) mass is 661 g/mol. The molecule has 0 spiro atoms. The van der Waals surface area contributed by atoms with Crippen molar-refractivity contribution in [1.82, 2.24) is 9.88 Å². The molecule has 2 atom stereocenters.